The van der Waals surface area contributed by atoms with Gasteiger partial charge in [0, 0.05) is 5.69 Å². The van der Waals surface area contributed by atoms with E-state index in [2.05, 4.69) is 0 Å². The molecule has 1 atom stereocenters. The first-order valence-corrected chi connectivity index (χ1v) is 5.00. The van der Waals surface area contributed by atoms with Crippen LogP contribution in [-0.4, -0.2) is 23.8 Å². The van der Waals surface area contributed by atoms with E-state index in [0.29, 0.717) is 11.3 Å². The van der Waals surface area contributed by atoms with E-state index >= 15 is 0 Å². The highest BCUT2D eigenvalue weighted by atomic mass is 19.3. The first kappa shape index (κ1) is 10.9. The largest absolute Gasteiger partial charge is 0.398 e. The minimum Gasteiger partial charge on any atom is -0.398 e. The van der Waals surface area contributed by atoms with Crippen LogP contribution in [-0.2, 0) is 0 Å². The molecule has 16 heavy (non-hydrogen) atoms. The molecule has 0 fully saturated rings. The van der Waals surface area contributed by atoms with Gasteiger partial charge in [0.15, 0.2) is 0 Å². The van der Waals surface area contributed by atoms with E-state index in [1.54, 1.807) is 25.1 Å². The van der Waals surface area contributed by atoms with Crippen LogP contribution in [0.25, 0.3) is 0 Å². The SMILES string of the molecule is CC1c2cccc(N)c2C(=O)N1CC(F)F. The van der Waals surface area contributed by atoms with Crippen LogP contribution in [0.15, 0.2) is 18.2 Å². The molecule has 1 aliphatic rings. The molecule has 1 aromatic rings. The monoisotopic (exact) mass is 226 g/mol. The molecule has 0 saturated heterocycles. The summed E-state index contributed by atoms with van der Waals surface area (Å²) in [5.41, 5.74) is 7.13. The Bertz CT molecular complexity index is 434. The molecule has 5 heteroatoms. The van der Waals surface area contributed by atoms with Crippen molar-refractivity contribution >= 4 is 11.6 Å². The van der Waals surface area contributed by atoms with Crippen molar-refractivity contribution < 1.29 is 13.6 Å². The van der Waals surface area contributed by atoms with Crippen molar-refractivity contribution in [1.82, 2.24) is 4.90 Å². The zero-order valence-corrected chi connectivity index (χ0v) is 8.78. The molecule has 0 spiro atoms. The lowest BCUT2D eigenvalue weighted by atomic mass is 10.0. The Kier molecular flexibility index (Phi) is 2.53. The van der Waals surface area contributed by atoms with E-state index in [4.69, 9.17) is 5.73 Å². The summed E-state index contributed by atoms with van der Waals surface area (Å²) in [5.74, 6) is -0.402. The molecule has 1 aromatic carbocycles. The zero-order chi connectivity index (χ0) is 11.9. The third kappa shape index (κ3) is 1.52. The van der Waals surface area contributed by atoms with Gasteiger partial charge in [-0.3, -0.25) is 4.79 Å². The normalized spacial score (nSPS) is 19.4. The maximum absolute atomic E-state index is 12.3. The number of anilines is 1. The molecular weight excluding hydrogens is 214 g/mol. The fourth-order valence-corrected chi connectivity index (χ4v) is 2.06. The lowest BCUT2D eigenvalue weighted by Gasteiger charge is -2.21. The number of amides is 1. The third-order valence-electron chi connectivity index (χ3n) is 2.86. The molecule has 0 bridgehead atoms. The van der Waals surface area contributed by atoms with Crippen molar-refractivity contribution in [3.05, 3.63) is 29.3 Å². The van der Waals surface area contributed by atoms with Crippen LogP contribution < -0.4 is 5.73 Å². The predicted octanol–water partition coefficient (Wildman–Crippen LogP) is 2.05. The molecule has 2 N–H and O–H groups in total. The zero-order valence-electron chi connectivity index (χ0n) is 8.78. The number of nitrogens with two attached hydrogens (primary N) is 1. The Morgan fingerprint density at radius 3 is 2.75 bits per heavy atom. The van der Waals surface area contributed by atoms with Crippen LogP contribution in [0.2, 0.25) is 0 Å². The third-order valence-corrected chi connectivity index (χ3v) is 2.86. The molecular formula is C11H12F2N2O. The fraction of sp³-hybridized carbons (Fsp3) is 0.364. The number of hydrogen-bond acceptors (Lipinski definition) is 2. The Morgan fingerprint density at radius 2 is 2.19 bits per heavy atom. The predicted molar refractivity (Wildman–Crippen MR) is 56.3 cm³/mol. The highest BCUT2D eigenvalue weighted by Gasteiger charge is 2.36. The van der Waals surface area contributed by atoms with Gasteiger partial charge in [0.05, 0.1) is 18.2 Å². The summed E-state index contributed by atoms with van der Waals surface area (Å²) in [6.45, 7) is 1.18. The average molecular weight is 226 g/mol. The van der Waals surface area contributed by atoms with Crippen molar-refractivity contribution in [2.75, 3.05) is 12.3 Å². The molecule has 1 unspecified atom stereocenters. The minimum atomic E-state index is -2.53. The maximum Gasteiger partial charge on any atom is 0.257 e. The van der Waals surface area contributed by atoms with Gasteiger partial charge in [-0.05, 0) is 18.6 Å². The van der Waals surface area contributed by atoms with Crippen LogP contribution in [0.1, 0.15) is 28.9 Å². The van der Waals surface area contributed by atoms with Gasteiger partial charge >= 0.3 is 0 Å². The smallest absolute Gasteiger partial charge is 0.257 e. The van der Waals surface area contributed by atoms with E-state index in [1.165, 1.54) is 0 Å². The van der Waals surface area contributed by atoms with Gasteiger partial charge in [-0.2, -0.15) is 0 Å². The second-order valence-electron chi connectivity index (χ2n) is 3.84. The van der Waals surface area contributed by atoms with Crippen molar-refractivity contribution in [3.8, 4) is 0 Å². The van der Waals surface area contributed by atoms with Crippen LogP contribution in [0, 0.1) is 0 Å². The van der Waals surface area contributed by atoms with Crippen molar-refractivity contribution in [1.29, 1.82) is 0 Å². The van der Waals surface area contributed by atoms with Gasteiger partial charge in [-0.25, -0.2) is 8.78 Å². The quantitative estimate of drug-likeness (QED) is 0.784. The number of halogens is 2. The van der Waals surface area contributed by atoms with Gasteiger partial charge in [-0.1, -0.05) is 12.1 Å². The summed E-state index contributed by atoms with van der Waals surface area (Å²) >= 11 is 0. The summed E-state index contributed by atoms with van der Waals surface area (Å²) in [6.07, 6.45) is -2.53. The molecule has 1 amide bonds. The van der Waals surface area contributed by atoms with Crippen molar-refractivity contribution in [3.63, 3.8) is 0 Å². The summed E-state index contributed by atoms with van der Waals surface area (Å²) in [6, 6.07) is 4.75. The molecule has 86 valence electrons. The van der Waals surface area contributed by atoms with Crippen LogP contribution in [0.4, 0.5) is 14.5 Å². The second kappa shape index (κ2) is 3.73. The lowest BCUT2D eigenvalue weighted by Crippen LogP contribution is -2.31. The molecule has 2 rings (SSSR count). The summed E-state index contributed by atoms with van der Waals surface area (Å²) in [4.78, 5) is 13.0. The van der Waals surface area contributed by atoms with E-state index in [0.717, 1.165) is 10.5 Å². The van der Waals surface area contributed by atoms with Crippen LogP contribution in [0.5, 0.6) is 0 Å². The van der Waals surface area contributed by atoms with E-state index < -0.39 is 18.9 Å². The number of rotatable bonds is 2. The summed E-state index contributed by atoms with van der Waals surface area (Å²) in [5, 5.41) is 0. The number of benzene rings is 1. The number of nitrogens with zero attached hydrogens (tertiary/aromatic N) is 1. The Balaban J connectivity index is 2.40. The van der Waals surface area contributed by atoms with E-state index in [9.17, 15) is 13.6 Å². The lowest BCUT2D eigenvalue weighted by molar-refractivity contribution is 0.0507. The van der Waals surface area contributed by atoms with Gasteiger partial charge in [-0.15, -0.1) is 0 Å². The van der Waals surface area contributed by atoms with E-state index in [1.807, 2.05) is 0 Å². The average Bonchev–Trinajstić information content (AvgIpc) is 2.44. The van der Waals surface area contributed by atoms with Crippen molar-refractivity contribution in [2.45, 2.75) is 19.4 Å². The molecule has 1 heterocycles. The second-order valence-corrected chi connectivity index (χ2v) is 3.84. The molecule has 0 aromatic heterocycles. The highest BCUT2D eigenvalue weighted by molar-refractivity contribution is 6.03. The van der Waals surface area contributed by atoms with Crippen molar-refractivity contribution in [2.24, 2.45) is 0 Å². The number of carbonyl (C=O) groups excluding carboxylic acids is 1. The number of hydrogen-bond donors (Lipinski definition) is 1. The topological polar surface area (TPSA) is 46.3 Å². The van der Waals surface area contributed by atoms with Gasteiger partial charge < -0.3 is 10.6 Å². The first-order chi connectivity index (χ1) is 7.52. The molecule has 0 saturated carbocycles. The number of alkyl halides is 2. The van der Waals surface area contributed by atoms with Gasteiger partial charge in [0.2, 0.25) is 0 Å². The highest BCUT2D eigenvalue weighted by Crippen LogP contribution is 2.36. The van der Waals surface area contributed by atoms with Gasteiger partial charge in [0.25, 0.3) is 12.3 Å². The Labute approximate surface area is 91.8 Å². The van der Waals surface area contributed by atoms with Crippen LogP contribution in [0.3, 0.4) is 0 Å². The Morgan fingerprint density at radius 1 is 1.50 bits per heavy atom. The molecule has 3 nitrogen and oxygen atoms in total. The van der Waals surface area contributed by atoms with Crippen LogP contribution >= 0.6 is 0 Å². The molecule has 0 radical (unpaired) electrons. The number of nitrogen functional groups attached to an aromatic ring is 1. The van der Waals surface area contributed by atoms with Gasteiger partial charge in [0.1, 0.15) is 0 Å². The summed E-state index contributed by atoms with van der Waals surface area (Å²) in [7, 11) is 0. The molecule has 1 aliphatic heterocycles. The minimum absolute atomic E-state index is 0.333. The number of fused-ring (bicyclic) bond motifs is 1. The maximum atomic E-state index is 12.3. The first-order valence-electron chi connectivity index (χ1n) is 5.00. The fourth-order valence-electron chi connectivity index (χ4n) is 2.06. The van der Waals surface area contributed by atoms with E-state index in [-0.39, 0.29) is 6.04 Å². The Hall–Kier alpha value is -1.65. The molecule has 0 aliphatic carbocycles. The summed E-state index contributed by atoms with van der Waals surface area (Å²) < 4.78 is 24.7. The number of carbonyl (C=O) groups is 1. The standard InChI is InChI=1S/C11H12F2N2O/c1-6-7-3-2-4-8(14)10(7)11(16)15(6)5-9(12)13/h2-4,6,9H,5,14H2,1H3.